The number of nitrogens with zero attached hydrogens (tertiary/aromatic N) is 2. The van der Waals surface area contributed by atoms with Gasteiger partial charge in [-0.1, -0.05) is 91.0 Å². The molecule has 0 unspecified atom stereocenters. The number of aromatic nitrogens is 2. The number of benzene rings is 7. The molecule has 0 bridgehead atoms. The Labute approximate surface area is 259 Å². The van der Waals surface area contributed by atoms with Gasteiger partial charge in [-0.05, 0) is 77.9 Å². The lowest BCUT2D eigenvalue weighted by Gasteiger charge is -2.10. The van der Waals surface area contributed by atoms with E-state index >= 15 is 0 Å². The zero-order valence-corrected chi connectivity index (χ0v) is 24.4. The Morgan fingerprint density at radius 3 is 1.73 bits per heavy atom. The predicted molar refractivity (Wildman–Crippen MR) is 191 cm³/mol. The molecule has 1 N–H and O–H groups in total. The highest BCUT2D eigenvalue weighted by atomic mass is 15.0. The highest BCUT2D eigenvalue weighted by Crippen LogP contribution is 2.40. The van der Waals surface area contributed by atoms with E-state index in [9.17, 15) is 0 Å². The summed E-state index contributed by atoms with van der Waals surface area (Å²) in [5, 5.41) is 11.4. The van der Waals surface area contributed by atoms with Crippen molar-refractivity contribution in [2.24, 2.45) is 0 Å². The first-order chi connectivity index (χ1) is 22.3. The normalized spacial score (nSPS) is 12.0. The first-order valence-electron chi connectivity index (χ1n) is 15.4. The fourth-order valence-corrected chi connectivity index (χ4v) is 7.43. The largest absolute Gasteiger partial charge is 0.356 e. The van der Waals surface area contributed by atoms with Gasteiger partial charge in [-0.3, -0.25) is 0 Å². The quantitative estimate of drug-likeness (QED) is 0.222. The molecule has 10 rings (SSSR count). The third kappa shape index (κ3) is 3.52. The molecule has 0 saturated heterocycles. The lowest BCUT2D eigenvalue weighted by molar-refractivity contribution is 1.18. The van der Waals surface area contributed by atoms with Crippen LogP contribution in [0.3, 0.4) is 0 Å². The first kappa shape index (κ1) is 24.4. The summed E-state index contributed by atoms with van der Waals surface area (Å²) in [7, 11) is 0. The molecule has 0 aliphatic carbocycles. The second-order valence-electron chi connectivity index (χ2n) is 11.9. The molecule has 0 spiro atoms. The SMILES string of the molecule is c1ccc(-n2c3ccccc3c3cc(Nc4ccc(-c5ccc6c(c5)c5cccc7c8ccccc8n6c75)cc4)ccc32)cc1. The van der Waals surface area contributed by atoms with Gasteiger partial charge >= 0.3 is 0 Å². The fourth-order valence-electron chi connectivity index (χ4n) is 7.43. The van der Waals surface area contributed by atoms with E-state index in [-0.39, 0.29) is 0 Å². The van der Waals surface area contributed by atoms with Crippen molar-refractivity contribution < 1.29 is 0 Å². The maximum atomic E-state index is 3.66. The zero-order valence-electron chi connectivity index (χ0n) is 24.4. The Balaban J connectivity index is 1.01. The molecule has 3 aromatic heterocycles. The molecule has 0 amide bonds. The Hall–Kier alpha value is -6.06. The van der Waals surface area contributed by atoms with Gasteiger partial charge in [0, 0.05) is 49.4 Å². The van der Waals surface area contributed by atoms with Crippen LogP contribution in [0.5, 0.6) is 0 Å². The van der Waals surface area contributed by atoms with E-state index in [1.165, 1.54) is 76.7 Å². The van der Waals surface area contributed by atoms with Crippen LogP contribution in [-0.4, -0.2) is 8.97 Å². The number of rotatable bonds is 4. The lowest BCUT2D eigenvalue weighted by atomic mass is 10.0. The minimum Gasteiger partial charge on any atom is -0.356 e. The van der Waals surface area contributed by atoms with Crippen LogP contribution in [0.1, 0.15) is 0 Å². The molecule has 10 aromatic rings. The number of hydrogen-bond donors (Lipinski definition) is 1. The zero-order chi connectivity index (χ0) is 29.5. The second-order valence-corrected chi connectivity index (χ2v) is 11.9. The third-order valence-electron chi connectivity index (χ3n) is 9.42. The van der Waals surface area contributed by atoms with Gasteiger partial charge in [-0.15, -0.1) is 0 Å². The van der Waals surface area contributed by atoms with Crippen molar-refractivity contribution in [1.29, 1.82) is 0 Å². The molecule has 0 saturated carbocycles. The topological polar surface area (TPSA) is 21.4 Å². The van der Waals surface area contributed by atoms with Crippen LogP contribution >= 0.6 is 0 Å². The number of nitrogens with one attached hydrogen (secondary N) is 1. The number of fused-ring (bicyclic) bond motifs is 9. The molecule has 3 heteroatoms. The third-order valence-corrected chi connectivity index (χ3v) is 9.42. The number of para-hydroxylation sites is 4. The molecule has 0 aliphatic rings. The number of hydrogen-bond acceptors (Lipinski definition) is 1. The molecule has 0 atom stereocenters. The van der Waals surface area contributed by atoms with Gasteiger partial charge < -0.3 is 14.3 Å². The maximum Gasteiger partial charge on any atom is 0.0620 e. The van der Waals surface area contributed by atoms with Gasteiger partial charge in [0.1, 0.15) is 0 Å². The van der Waals surface area contributed by atoms with Crippen molar-refractivity contribution >= 4 is 71.3 Å². The van der Waals surface area contributed by atoms with Gasteiger partial charge in [0.05, 0.1) is 27.6 Å². The minimum atomic E-state index is 1.07. The summed E-state index contributed by atoms with van der Waals surface area (Å²) in [5.41, 5.74) is 12.0. The van der Waals surface area contributed by atoms with Crippen molar-refractivity contribution in [2.75, 3.05) is 5.32 Å². The molecule has 3 heterocycles. The van der Waals surface area contributed by atoms with E-state index < -0.39 is 0 Å². The summed E-state index contributed by atoms with van der Waals surface area (Å²) < 4.78 is 4.78. The maximum absolute atomic E-state index is 3.66. The predicted octanol–water partition coefficient (Wildman–Crippen LogP) is 11.3. The van der Waals surface area contributed by atoms with Crippen molar-refractivity contribution in [3.8, 4) is 16.8 Å². The molecule has 210 valence electrons. The summed E-state index contributed by atoms with van der Waals surface area (Å²) >= 11 is 0. The Morgan fingerprint density at radius 2 is 0.911 bits per heavy atom. The molecule has 45 heavy (non-hydrogen) atoms. The molecule has 3 nitrogen and oxygen atoms in total. The van der Waals surface area contributed by atoms with Crippen molar-refractivity contribution in [2.45, 2.75) is 0 Å². The van der Waals surface area contributed by atoms with E-state index in [0.29, 0.717) is 0 Å². The molecule has 0 aliphatic heterocycles. The van der Waals surface area contributed by atoms with Gasteiger partial charge in [-0.25, -0.2) is 0 Å². The lowest BCUT2D eigenvalue weighted by Crippen LogP contribution is -1.93. The molecule has 7 aromatic carbocycles. The summed E-state index contributed by atoms with van der Waals surface area (Å²) in [6.07, 6.45) is 0. The van der Waals surface area contributed by atoms with Gasteiger partial charge in [0.25, 0.3) is 0 Å². The average molecular weight is 574 g/mol. The molecular weight excluding hydrogens is 546 g/mol. The summed E-state index contributed by atoms with van der Waals surface area (Å²) in [6.45, 7) is 0. The first-order valence-corrected chi connectivity index (χ1v) is 15.4. The van der Waals surface area contributed by atoms with E-state index in [4.69, 9.17) is 0 Å². The minimum absolute atomic E-state index is 1.07. The molecule has 0 fully saturated rings. The Bertz CT molecular complexity index is 2710. The Morgan fingerprint density at radius 1 is 0.356 bits per heavy atom. The fraction of sp³-hybridized carbons (Fsp3) is 0. The van der Waals surface area contributed by atoms with Gasteiger partial charge in [-0.2, -0.15) is 0 Å². The van der Waals surface area contributed by atoms with E-state index in [2.05, 4.69) is 172 Å². The molecule has 0 radical (unpaired) electrons. The summed E-state index contributed by atoms with van der Waals surface area (Å²) in [4.78, 5) is 0. The highest BCUT2D eigenvalue weighted by Gasteiger charge is 2.17. The van der Waals surface area contributed by atoms with E-state index in [0.717, 1.165) is 11.4 Å². The average Bonchev–Trinajstić information content (AvgIpc) is 3.74. The van der Waals surface area contributed by atoms with Crippen LogP contribution in [0.4, 0.5) is 11.4 Å². The van der Waals surface area contributed by atoms with Crippen molar-refractivity contribution in [3.63, 3.8) is 0 Å². The molecular formula is C42H27N3. The monoisotopic (exact) mass is 573 g/mol. The van der Waals surface area contributed by atoms with Gasteiger partial charge in [0.15, 0.2) is 0 Å². The number of anilines is 2. The van der Waals surface area contributed by atoms with Crippen LogP contribution in [0.2, 0.25) is 0 Å². The smallest absolute Gasteiger partial charge is 0.0620 e. The van der Waals surface area contributed by atoms with Gasteiger partial charge in [0.2, 0.25) is 0 Å². The van der Waals surface area contributed by atoms with Crippen LogP contribution in [0.25, 0.3) is 76.7 Å². The Kier molecular flexibility index (Phi) is 5.00. The van der Waals surface area contributed by atoms with E-state index in [1.54, 1.807) is 0 Å². The summed E-state index contributed by atoms with van der Waals surface area (Å²) in [5.74, 6) is 0. The summed E-state index contributed by atoms with van der Waals surface area (Å²) in [6, 6.07) is 57.0. The van der Waals surface area contributed by atoms with Crippen LogP contribution in [0.15, 0.2) is 158 Å². The highest BCUT2D eigenvalue weighted by molar-refractivity contribution is 6.23. The van der Waals surface area contributed by atoms with Crippen LogP contribution < -0.4 is 5.32 Å². The standard InChI is InChI=1S/C42H27N3/c1-2-9-31(10-3-1)44-38-15-6-5-12-33(38)37-26-30(22-24-40(37)44)43-29-20-17-27(18-21-29)28-19-23-41-36(25-28)35-14-8-13-34-32-11-4-7-16-39(32)45(41)42(34)35/h1-26,43H. The van der Waals surface area contributed by atoms with E-state index in [1.807, 2.05) is 0 Å². The second kappa shape index (κ2) is 9.22. The van der Waals surface area contributed by atoms with Crippen molar-refractivity contribution in [1.82, 2.24) is 8.97 Å². The van der Waals surface area contributed by atoms with Crippen molar-refractivity contribution in [3.05, 3.63) is 158 Å². The van der Waals surface area contributed by atoms with Crippen LogP contribution in [-0.2, 0) is 0 Å². The van der Waals surface area contributed by atoms with Crippen LogP contribution in [0, 0.1) is 0 Å².